The number of rotatable bonds is 4. The molecule has 7 nitrogen and oxygen atoms in total. The van der Waals surface area contributed by atoms with Crippen molar-refractivity contribution in [3.8, 4) is 0 Å². The maximum atomic E-state index is 12.0. The van der Waals surface area contributed by atoms with Crippen molar-refractivity contribution in [1.29, 1.82) is 0 Å². The molecule has 3 amide bonds. The van der Waals surface area contributed by atoms with Crippen LogP contribution in [0.1, 0.15) is 31.3 Å². The predicted octanol–water partition coefficient (Wildman–Crippen LogP) is 0.709. The van der Waals surface area contributed by atoms with E-state index in [1.54, 1.807) is 37.7 Å². The lowest BCUT2D eigenvalue weighted by atomic mass is 10.0. The molecule has 0 aliphatic rings. The number of nitrogens with one attached hydrogen (secondary N) is 3. The van der Waals surface area contributed by atoms with Gasteiger partial charge in [0.25, 0.3) is 11.8 Å². The molecule has 0 saturated carbocycles. The molecule has 0 saturated heterocycles. The molecule has 0 aromatic carbocycles. The second kappa shape index (κ2) is 7.26. The van der Waals surface area contributed by atoms with Gasteiger partial charge in [0.15, 0.2) is 0 Å². The fourth-order valence-corrected chi connectivity index (χ4v) is 2.29. The van der Waals surface area contributed by atoms with Gasteiger partial charge in [-0.25, -0.2) is 0 Å². The molecule has 0 bridgehead atoms. The molecule has 0 aliphatic carbocycles. The van der Waals surface area contributed by atoms with Crippen molar-refractivity contribution in [1.82, 2.24) is 20.7 Å². The molecule has 8 heteroatoms. The van der Waals surface area contributed by atoms with Crippen LogP contribution in [-0.4, -0.2) is 28.3 Å². The van der Waals surface area contributed by atoms with E-state index >= 15 is 0 Å². The molecule has 0 spiro atoms. The van der Waals surface area contributed by atoms with Gasteiger partial charge in [0.05, 0.1) is 0 Å². The number of nitrogens with zero attached hydrogens (tertiary/aromatic N) is 1. The van der Waals surface area contributed by atoms with Gasteiger partial charge in [-0.2, -0.15) is 0 Å². The Morgan fingerprint density at radius 3 is 2.29 bits per heavy atom. The largest absolute Gasteiger partial charge is 0.345 e. The highest BCUT2D eigenvalue weighted by Crippen LogP contribution is 2.13. The number of aryl methyl sites for hydroxylation is 1. The number of carbonyl (C=O) groups excluding carboxylic acids is 3. The molecule has 1 atom stereocenters. The van der Waals surface area contributed by atoms with Gasteiger partial charge in [0, 0.05) is 24.6 Å². The maximum Gasteiger partial charge on any atom is 0.286 e. The van der Waals surface area contributed by atoms with Gasteiger partial charge in [-0.3, -0.25) is 25.2 Å². The molecule has 1 aromatic heterocycles. The summed E-state index contributed by atoms with van der Waals surface area (Å²) < 4.78 is 2.39. The van der Waals surface area contributed by atoms with E-state index in [0.29, 0.717) is 5.69 Å². The third kappa shape index (κ3) is 4.89. The molecule has 3 N–H and O–H groups in total. The summed E-state index contributed by atoms with van der Waals surface area (Å²) in [7, 11) is 1.72. The number of hydrazine groups is 1. The smallest absolute Gasteiger partial charge is 0.286 e. The minimum Gasteiger partial charge on any atom is -0.345 e. The average Bonchev–Trinajstić information content (AvgIpc) is 2.71. The van der Waals surface area contributed by atoms with Crippen molar-refractivity contribution in [2.45, 2.75) is 26.8 Å². The van der Waals surface area contributed by atoms with E-state index in [2.05, 4.69) is 32.1 Å². The van der Waals surface area contributed by atoms with Crippen LogP contribution in [0.2, 0.25) is 0 Å². The van der Waals surface area contributed by atoms with Crippen molar-refractivity contribution in [3.63, 3.8) is 0 Å². The average molecular weight is 359 g/mol. The molecule has 1 unspecified atom stereocenters. The van der Waals surface area contributed by atoms with Crippen LogP contribution in [0, 0.1) is 5.92 Å². The van der Waals surface area contributed by atoms with Crippen LogP contribution in [0.3, 0.4) is 0 Å². The fourth-order valence-electron chi connectivity index (χ4n) is 1.76. The molecule has 116 valence electrons. The lowest BCUT2D eigenvalue weighted by Gasteiger charge is -2.21. The summed E-state index contributed by atoms with van der Waals surface area (Å²) in [5, 5.41) is 2.54. The molecule has 1 heterocycles. The maximum absolute atomic E-state index is 12.0. The van der Waals surface area contributed by atoms with Crippen molar-refractivity contribution >= 4 is 33.7 Å². The summed E-state index contributed by atoms with van der Waals surface area (Å²) in [5.74, 6) is -1.32. The highest BCUT2D eigenvalue weighted by Gasteiger charge is 2.23. The van der Waals surface area contributed by atoms with Gasteiger partial charge in [0.2, 0.25) is 5.91 Å². The van der Waals surface area contributed by atoms with E-state index in [9.17, 15) is 14.4 Å². The normalized spacial score (nSPS) is 11.9. The molecule has 0 fully saturated rings. The molecule has 1 rings (SSSR count). The first-order valence-corrected chi connectivity index (χ1v) is 7.20. The van der Waals surface area contributed by atoms with Crippen LogP contribution in [0.4, 0.5) is 0 Å². The van der Waals surface area contributed by atoms with Gasteiger partial charge >= 0.3 is 0 Å². The van der Waals surface area contributed by atoms with Crippen LogP contribution in [-0.2, 0) is 16.6 Å². The van der Waals surface area contributed by atoms with Crippen molar-refractivity contribution in [3.05, 3.63) is 22.4 Å². The van der Waals surface area contributed by atoms with E-state index in [0.717, 1.165) is 4.47 Å². The Morgan fingerprint density at radius 1 is 1.24 bits per heavy atom. The number of halogens is 1. The van der Waals surface area contributed by atoms with Gasteiger partial charge < -0.3 is 9.88 Å². The van der Waals surface area contributed by atoms with Crippen LogP contribution in [0.15, 0.2) is 16.7 Å². The van der Waals surface area contributed by atoms with Crippen molar-refractivity contribution in [2.75, 3.05) is 0 Å². The summed E-state index contributed by atoms with van der Waals surface area (Å²) in [5.41, 5.74) is 5.04. The second-order valence-electron chi connectivity index (χ2n) is 5.02. The zero-order chi connectivity index (χ0) is 16.2. The lowest BCUT2D eigenvalue weighted by molar-refractivity contribution is -0.129. The number of amides is 3. The quantitative estimate of drug-likeness (QED) is 0.692. The van der Waals surface area contributed by atoms with Gasteiger partial charge in [0.1, 0.15) is 11.7 Å². The van der Waals surface area contributed by atoms with E-state index in [1.165, 1.54) is 6.92 Å². The van der Waals surface area contributed by atoms with Crippen LogP contribution < -0.4 is 16.2 Å². The fraction of sp³-hybridized carbons (Fsp3) is 0.462. The topological polar surface area (TPSA) is 92.2 Å². The number of hydrogen-bond acceptors (Lipinski definition) is 3. The predicted molar refractivity (Wildman–Crippen MR) is 81.2 cm³/mol. The van der Waals surface area contributed by atoms with Crippen LogP contribution in [0.5, 0.6) is 0 Å². The number of aromatic nitrogens is 1. The first kappa shape index (κ1) is 17.2. The summed E-state index contributed by atoms with van der Waals surface area (Å²) in [6.07, 6.45) is 1.73. The SMILES string of the molecule is CC(=O)NC(C(=O)NNC(=O)c1cc(Br)cn1C)C(C)C. The van der Waals surface area contributed by atoms with E-state index in [4.69, 9.17) is 0 Å². The second-order valence-corrected chi connectivity index (χ2v) is 5.94. The minimum absolute atomic E-state index is 0.102. The summed E-state index contributed by atoms with van der Waals surface area (Å²) in [6.45, 7) is 4.94. The van der Waals surface area contributed by atoms with Crippen LogP contribution >= 0.6 is 15.9 Å². The Morgan fingerprint density at radius 2 is 1.86 bits per heavy atom. The van der Waals surface area contributed by atoms with Crippen molar-refractivity contribution in [2.24, 2.45) is 13.0 Å². The molecule has 21 heavy (non-hydrogen) atoms. The van der Waals surface area contributed by atoms with E-state index in [1.807, 2.05) is 0 Å². The van der Waals surface area contributed by atoms with E-state index in [-0.39, 0.29) is 11.8 Å². The van der Waals surface area contributed by atoms with Gasteiger partial charge in [-0.15, -0.1) is 0 Å². The van der Waals surface area contributed by atoms with Crippen molar-refractivity contribution < 1.29 is 14.4 Å². The Balaban J connectivity index is 2.64. The number of carbonyl (C=O) groups is 3. The third-order valence-corrected chi connectivity index (χ3v) is 3.25. The Hall–Kier alpha value is -1.83. The molecule has 0 radical (unpaired) electrons. The third-order valence-electron chi connectivity index (χ3n) is 2.81. The highest BCUT2D eigenvalue weighted by molar-refractivity contribution is 9.10. The Labute approximate surface area is 131 Å². The number of hydrogen-bond donors (Lipinski definition) is 3. The van der Waals surface area contributed by atoms with Gasteiger partial charge in [-0.1, -0.05) is 13.8 Å². The first-order chi connectivity index (χ1) is 9.72. The monoisotopic (exact) mass is 358 g/mol. The lowest BCUT2D eigenvalue weighted by Crippen LogP contribution is -2.54. The Kier molecular flexibility index (Phi) is 5.95. The minimum atomic E-state index is -0.706. The standard InChI is InChI=1S/C13H19BrN4O3/c1-7(2)11(15-8(3)19)13(21)17-16-12(20)10-5-9(14)6-18(10)4/h5-7,11H,1-4H3,(H,15,19)(H,16,20)(H,17,21). The summed E-state index contributed by atoms with van der Waals surface area (Å²) in [6, 6.07) is 0.929. The molecule has 0 aliphatic heterocycles. The summed E-state index contributed by atoms with van der Waals surface area (Å²) in [4.78, 5) is 35.0. The molecular weight excluding hydrogens is 340 g/mol. The van der Waals surface area contributed by atoms with Crippen LogP contribution in [0.25, 0.3) is 0 Å². The zero-order valence-corrected chi connectivity index (χ0v) is 13.9. The Bertz CT molecular complexity index is 554. The van der Waals surface area contributed by atoms with E-state index < -0.39 is 17.9 Å². The first-order valence-electron chi connectivity index (χ1n) is 6.41. The van der Waals surface area contributed by atoms with Gasteiger partial charge in [-0.05, 0) is 27.9 Å². The molecule has 1 aromatic rings. The molecular formula is C13H19BrN4O3. The zero-order valence-electron chi connectivity index (χ0n) is 12.4. The highest BCUT2D eigenvalue weighted by atomic mass is 79.9. The summed E-state index contributed by atoms with van der Waals surface area (Å²) >= 11 is 3.27.